The quantitative estimate of drug-likeness (QED) is 0.471. The van der Waals surface area contributed by atoms with Gasteiger partial charge in [0.25, 0.3) is 0 Å². The Kier molecular flexibility index (Phi) is 8.12. The van der Waals surface area contributed by atoms with E-state index < -0.39 is 0 Å². The summed E-state index contributed by atoms with van der Waals surface area (Å²) in [5.41, 5.74) is 7.43. The number of carbonyl (C=O) groups excluding carboxylic acids is 1. The normalized spacial score (nSPS) is 14.2. The van der Waals surface area contributed by atoms with Crippen LogP contribution in [0.1, 0.15) is 30.9 Å². The highest BCUT2D eigenvalue weighted by atomic mass is 32.1. The lowest BCUT2D eigenvalue weighted by Gasteiger charge is -2.32. The molecule has 7 heteroatoms. The second-order valence-corrected chi connectivity index (χ2v) is 7.91. The number of hydrogen-bond acceptors (Lipinski definition) is 5. The topological polar surface area (TPSA) is 74.0 Å². The number of hydrogen-bond donors (Lipinski definition) is 1. The molecule has 0 radical (unpaired) electrons. The van der Waals surface area contributed by atoms with Crippen molar-refractivity contribution in [3.63, 3.8) is 0 Å². The Morgan fingerprint density at radius 2 is 1.71 bits per heavy atom. The zero-order valence-corrected chi connectivity index (χ0v) is 19.0. The molecule has 0 aromatic heterocycles. The number of thiocarbonyl (C=S) groups is 1. The van der Waals surface area contributed by atoms with Crippen LogP contribution >= 0.6 is 12.2 Å². The van der Waals surface area contributed by atoms with E-state index in [4.69, 9.17) is 32.2 Å². The first-order valence-electron chi connectivity index (χ1n) is 10.7. The Hall–Kier alpha value is -2.80. The third-order valence-electron chi connectivity index (χ3n) is 5.37. The molecule has 0 unspecified atom stereocenters. The summed E-state index contributed by atoms with van der Waals surface area (Å²) in [5, 5.41) is 0. The van der Waals surface area contributed by atoms with Crippen molar-refractivity contribution < 1.29 is 19.0 Å². The van der Waals surface area contributed by atoms with Crippen LogP contribution in [-0.4, -0.2) is 48.7 Å². The first-order valence-corrected chi connectivity index (χ1v) is 11.1. The summed E-state index contributed by atoms with van der Waals surface area (Å²) in [4.78, 5) is 14.3. The van der Waals surface area contributed by atoms with Crippen molar-refractivity contribution in [1.82, 2.24) is 4.90 Å². The van der Waals surface area contributed by atoms with Gasteiger partial charge in [-0.2, -0.15) is 0 Å². The van der Waals surface area contributed by atoms with E-state index in [0.29, 0.717) is 31.3 Å². The number of nitrogens with zero attached hydrogens (tertiary/aromatic N) is 1. The first kappa shape index (κ1) is 22.9. The maximum atomic E-state index is 11.4. The number of likely N-dealkylation sites (tertiary alicyclic amines) is 1. The van der Waals surface area contributed by atoms with Gasteiger partial charge in [0.05, 0.1) is 6.61 Å². The van der Waals surface area contributed by atoms with Gasteiger partial charge in [0.15, 0.2) is 11.5 Å². The summed E-state index contributed by atoms with van der Waals surface area (Å²) in [6.07, 6.45) is 1.46. The highest BCUT2D eigenvalue weighted by molar-refractivity contribution is 7.80. The molecule has 6 nitrogen and oxygen atoms in total. The molecule has 1 saturated heterocycles. The molecule has 31 heavy (non-hydrogen) atoms. The third-order valence-corrected chi connectivity index (χ3v) is 5.86. The van der Waals surface area contributed by atoms with Crippen LogP contribution < -0.4 is 19.9 Å². The van der Waals surface area contributed by atoms with E-state index in [0.717, 1.165) is 47.8 Å². The standard InChI is InChI=1S/C24H30N2O4S/c1-3-28-22-16-19(24(31)26-12-10-18(11-13-26)23(25)27)8-9-21(22)30-15-14-29-20-7-5-4-6-17(20)2/h4-9,16,18H,3,10-15H2,1-2H3,(H2,25,27). The average Bonchev–Trinajstić information content (AvgIpc) is 2.78. The molecule has 1 amide bonds. The summed E-state index contributed by atoms with van der Waals surface area (Å²) in [5.74, 6) is 1.89. The molecular weight excluding hydrogens is 412 g/mol. The number of benzene rings is 2. The molecule has 1 aliphatic heterocycles. The third kappa shape index (κ3) is 6.10. The molecular formula is C24H30N2O4S. The molecule has 0 saturated carbocycles. The van der Waals surface area contributed by atoms with Gasteiger partial charge in [-0.25, -0.2) is 0 Å². The van der Waals surface area contributed by atoms with Crippen molar-refractivity contribution in [2.75, 3.05) is 32.9 Å². The van der Waals surface area contributed by atoms with Gasteiger partial charge in [-0.05, 0) is 56.5 Å². The van der Waals surface area contributed by atoms with Gasteiger partial charge in [-0.3, -0.25) is 4.79 Å². The molecule has 3 rings (SSSR count). The SMILES string of the molecule is CCOc1cc(C(=S)N2CCC(C(N)=O)CC2)ccc1OCCOc1ccccc1C. The molecule has 0 bridgehead atoms. The lowest BCUT2D eigenvalue weighted by molar-refractivity contribution is -0.122. The Morgan fingerprint density at radius 1 is 1.03 bits per heavy atom. The molecule has 1 heterocycles. The molecule has 2 N–H and O–H groups in total. The number of ether oxygens (including phenoxy) is 3. The van der Waals surface area contributed by atoms with Crippen LogP contribution in [0.4, 0.5) is 0 Å². The Labute approximate surface area is 189 Å². The van der Waals surface area contributed by atoms with Gasteiger partial charge in [-0.15, -0.1) is 0 Å². The van der Waals surface area contributed by atoms with Crippen molar-refractivity contribution in [3.8, 4) is 17.2 Å². The molecule has 166 valence electrons. The Balaban J connectivity index is 1.59. The zero-order valence-electron chi connectivity index (χ0n) is 18.1. The number of piperidine rings is 1. The van der Waals surface area contributed by atoms with Crippen molar-refractivity contribution in [2.45, 2.75) is 26.7 Å². The molecule has 1 fully saturated rings. The number of primary amides is 1. The van der Waals surface area contributed by atoms with E-state index in [1.165, 1.54) is 0 Å². The van der Waals surface area contributed by atoms with Gasteiger partial charge in [-0.1, -0.05) is 30.4 Å². The fourth-order valence-corrected chi connectivity index (χ4v) is 3.91. The average molecular weight is 443 g/mol. The van der Waals surface area contributed by atoms with Crippen molar-refractivity contribution in [1.29, 1.82) is 0 Å². The van der Waals surface area contributed by atoms with Crippen LogP contribution in [0.15, 0.2) is 42.5 Å². The predicted octanol–water partition coefficient (Wildman–Crippen LogP) is 3.72. The van der Waals surface area contributed by atoms with Gasteiger partial charge >= 0.3 is 0 Å². The number of aryl methyl sites for hydroxylation is 1. The first-order chi connectivity index (χ1) is 15.0. The highest BCUT2D eigenvalue weighted by Crippen LogP contribution is 2.30. The summed E-state index contributed by atoms with van der Waals surface area (Å²) in [6.45, 7) is 6.77. The van der Waals surface area contributed by atoms with Crippen LogP contribution in [0.5, 0.6) is 17.2 Å². The maximum absolute atomic E-state index is 11.4. The molecule has 2 aromatic rings. The van der Waals surface area contributed by atoms with Crippen molar-refractivity contribution in [3.05, 3.63) is 53.6 Å². The summed E-state index contributed by atoms with van der Waals surface area (Å²) in [7, 11) is 0. The summed E-state index contributed by atoms with van der Waals surface area (Å²) in [6, 6.07) is 13.7. The minimum Gasteiger partial charge on any atom is -0.490 e. The predicted molar refractivity (Wildman–Crippen MR) is 125 cm³/mol. The molecule has 0 atom stereocenters. The van der Waals surface area contributed by atoms with Crippen LogP contribution in [0.3, 0.4) is 0 Å². The van der Waals surface area contributed by atoms with Gasteiger partial charge in [0.2, 0.25) is 5.91 Å². The maximum Gasteiger partial charge on any atom is 0.220 e. The molecule has 0 aliphatic carbocycles. The number of para-hydroxylation sites is 1. The summed E-state index contributed by atoms with van der Waals surface area (Å²) >= 11 is 5.70. The lowest BCUT2D eigenvalue weighted by atomic mass is 9.96. The fraction of sp³-hybridized carbons (Fsp3) is 0.417. The number of nitrogens with two attached hydrogens (primary N) is 1. The molecule has 2 aromatic carbocycles. The number of carbonyl (C=O) groups is 1. The van der Waals surface area contributed by atoms with E-state index >= 15 is 0 Å². The van der Waals surface area contributed by atoms with Gasteiger partial charge < -0.3 is 24.8 Å². The van der Waals surface area contributed by atoms with E-state index in [9.17, 15) is 4.79 Å². The van der Waals surface area contributed by atoms with Crippen molar-refractivity contribution >= 4 is 23.1 Å². The fourth-order valence-electron chi connectivity index (χ4n) is 3.60. The summed E-state index contributed by atoms with van der Waals surface area (Å²) < 4.78 is 17.5. The van der Waals surface area contributed by atoms with Crippen LogP contribution in [0, 0.1) is 12.8 Å². The second kappa shape index (κ2) is 11.0. The van der Waals surface area contributed by atoms with E-state index in [1.807, 2.05) is 56.3 Å². The van der Waals surface area contributed by atoms with Crippen LogP contribution in [0.25, 0.3) is 0 Å². The largest absolute Gasteiger partial charge is 0.490 e. The highest BCUT2D eigenvalue weighted by Gasteiger charge is 2.25. The van der Waals surface area contributed by atoms with E-state index in [-0.39, 0.29) is 11.8 Å². The van der Waals surface area contributed by atoms with Crippen LogP contribution in [0.2, 0.25) is 0 Å². The molecule has 1 aliphatic rings. The lowest BCUT2D eigenvalue weighted by Crippen LogP contribution is -2.41. The monoisotopic (exact) mass is 442 g/mol. The minimum absolute atomic E-state index is 0.0595. The molecule has 0 spiro atoms. The smallest absolute Gasteiger partial charge is 0.220 e. The van der Waals surface area contributed by atoms with E-state index in [2.05, 4.69) is 4.90 Å². The van der Waals surface area contributed by atoms with Crippen LogP contribution in [-0.2, 0) is 4.79 Å². The Morgan fingerprint density at radius 3 is 2.35 bits per heavy atom. The zero-order chi connectivity index (χ0) is 22.2. The van der Waals surface area contributed by atoms with Gasteiger partial charge in [0, 0.05) is 24.6 Å². The number of amides is 1. The second-order valence-electron chi connectivity index (χ2n) is 7.53. The Bertz CT molecular complexity index is 910. The minimum atomic E-state index is -0.225. The van der Waals surface area contributed by atoms with E-state index in [1.54, 1.807) is 0 Å². The van der Waals surface area contributed by atoms with Gasteiger partial charge in [0.1, 0.15) is 24.0 Å². The number of rotatable bonds is 9. The van der Waals surface area contributed by atoms with Crippen molar-refractivity contribution in [2.24, 2.45) is 11.7 Å².